The molecule has 0 aromatic carbocycles. The topological polar surface area (TPSA) is 62.4 Å². The number of nitrogens with two attached hydrogens (primary N) is 1. The average Bonchev–Trinajstić information content (AvgIpc) is 3.01. The highest BCUT2D eigenvalue weighted by Crippen LogP contribution is 2.25. The summed E-state index contributed by atoms with van der Waals surface area (Å²) in [6, 6.07) is 1.08. The van der Waals surface area contributed by atoms with Crippen LogP contribution >= 0.6 is 0 Å². The fourth-order valence-electron chi connectivity index (χ4n) is 2.26. The van der Waals surface area contributed by atoms with Crippen molar-refractivity contribution in [2.24, 2.45) is 16.8 Å². The number of nitrogens with zero attached hydrogens (tertiary/aromatic N) is 1. The number of aliphatic imine (C=N–C) groups is 1. The van der Waals surface area contributed by atoms with Crippen molar-refractivity contribution in [2.45, 2.75) is 57.5 Å². The molecule has 2 aliphatic carbocycles. The monoisotopic (exact) mass is 210 g/mol. The molecule has 86 valence electrons. The summed E-state index contributed by atoms with van der Waals surface area (Å²) in [4.78, 5) is 4.50. The molecule has 0 amide bonds. The van der Waals surface area contributed by atoms with Gasteiger partial charge in [-0.2, -0.15) is 0 Å². The molecule has 0 heterocycles. The maximum absolute atomic E-state index is 5.46. The maximum atomic E-state index is 5.46. The van der Waals surface area contributed by atoms with Gasteiger partial charge in [-0.3, -0.25) is 5.43 Å². The number of hydrogen-bond donors (Lipinski definition) is 3. The van der Waals surface area contributed by atoms with Gasteiger partial charge in [-0.15, -0.1) is 0 Å². The highest BCUT2D eigenvalue weighted by molar-refractivity contribution is 5.79. The van der Waals surface area contributed by atoms with Crippen LogP contribution in [0.25, 0.3) is 0 Å². The molecule has 15 heavy (non-hydrogen) atoms. The van der Waals surface area contributed by atoms with Crippen molar-refractivity contribution in [3.05, 3.63) is 0 Å². The third-order valence-electron chi connectivity index (χ3n) is 3.27. The largest absolute Gasteiger partial charge is 0.353 e. The Labute approximate surface area is 91.7 Å². The van der Waals surface area contributed by atoms with Gasteiger partial charge in [0.1, 0.15) is 0 Å². The second kappa shape index (κ2) is 4.84. The van der Waals surface area contributed by atoms with E-state index in [1.807, 2.05) is 0 Å². The Morgan fingerprint density at radius 1 is 1.27 bits per heavy atom. The molecule has 2 fully saturated rings. The molecular formula is C11H22N4. The van der Waals surface area contributed by atoms with Gasteiger partial charge in [0.25, 0.3) is 0 Å². The van der Waals surface area contributed by atoms with Crippen LogP contribution in [0.2, 0.25) is 0 Å². The van der Waals surface area contributed by atoms with Crippen molar-refractivity contribution >= 4 is 5.96 Å². The fourth-order valence-corrected chi connectivity index (χ4v) is 2.26. The normalized spacial score (nSPS) is 32.5. The Morgan fingerprint density at radius 3 is 2.67 bits per heavy atom. The molecule has 4 heteroatoms. The number of hydrogen-bond acceptors (Lipinski definition) is 2. The lowest BCUT2D eigenvalue weighted by atomic mass is 9.87. The molecule has 2 rings (SSSR count). The van der Waals surface area contributed by atoms with E-state index in [4.69, 9.17) is 5.84 Å². The molecule has 0 aromatic rings. The summed E-state index contributed by atoms with van der Waals surface area (Å²) in [5.41, 5.74) is 2.67. The summed E-state index contributed by atoms with van der Waals surface area (Å²) in [5, 5.41) is 3.42. The standard InChI is InChI=1S/C11H22N4/c1-8-3-2-4-10(7-8)14-11(15-12)13-9-5-6-9/h8-10H,2-7,12H2,1H3,(H2,13,14,15). The molecule has 0 spiro atoms. The van der Waals surface area contributed by atoms with Crippen molar-refractivity contribution < 1.29 is 0 Å². The van der Waals surface area contributed by atoms with Crippen LogP contribution in [0.15, 0.2) is 4.99 Å². The Morgan fingerprint density at radius 2 is 2.07 bits per heavy atom. The van der Waals surface area contributed by atoms with Crippen LogP contribution in [0.4, 0.5) is 0 Å². The molecule has 0 radical (unpaired) electrons. The first-order chi connectivity index (χ1) is 7.28. The van der Waals surface area contributed by atoms with Crippen LogP contribution < -0.4 is 16.6 Å². The van der Waals surface area contributed by atoms with E-state index in [-0.39, 0.29) is 0 Å². The lowest BCUT2D eigenvalue weighted by molar-refractivity contribution is 0.324. The highest BCUT2D eigenvalue weighted by atomic mass is 15.3. The summed E-state index contributed by atoms with van der Waals surface area (Å²) in [6.45, 7) is 2.32. The number of nitrogens with one attached hydrogen (secondary N) is 2. The van der Waals surface area contributed by atoms with Gasteiger partial charge in [-0.05, 0) is 31.6 Å². The smallest absolute Gasteiger partial charge is 0.206 e. The molecule has 0 aromatic heterocycles. The Bertz CT molecular complexity index is 235. The SMILES string of the molecule is CC1CCCC(NC(=NC2CC2)NN)C1. The van der Waals surface area contributed by atoms with E-state index >= 15 is 0 Å². The predicted molar refractivity (Wildman–Crippen MR) is 62.3 cm³/mol. The average molecular weight is 210 g/mol. The number of hydrazine groups is 1. The second-order valence-electron chi connectivity index (χ2n) is 4.97. The van der Waals surface area contributed by atoms with Gasteiger partial charge >= 0.3 is 0 Å². The van der Waals surface area contributed by atoms with Crippen LogP contribution in [-0.2, 0) is 0 Å². The minimum Gasteiger partial charge on any atom is -0.353 e. The lowest BCUT2D eigenvalue weighted by Crippen LogP contribution is -2.47. The zero-order valence-electron chi connectivity index (χ0n) is 9.50. The Hall–Kier alpha value is -0.770. The molecule has 0 saturated heterocycles. The second-order valence-corrected chi connectivity index (χ2v) is 4.97. The van der Waals surface area contributed by atoms with Crippen LogP contribution in [0.1, 0.15) is 45.4 Å². The molecule has 2 unspecified atom stereocenters. The minimum absolute atomic E-state index is 0.518. The third kappa shape index (κ3) is 3.38. The minimum atomic E-state index is 0.518. The molecule has 0 bridgehead atoms. The highest BCUT2D eigenvalue weighted by Gasteiger charge is 2.23. The van der Waals surface area contributed by atoms with Crippen molar-refractivity contribution in [1.82, 2.24) is 10.7 Å². The van der Waals surface area contributed by atoms with E-state index in [1.54, 1.807) is 0 Å². The van der Waals surface area contributed by atoms with E-state index in [2.05, 4.69) is 22.7 Å². The number of guanidine groups is 1. The van der Waals surface area contributed by atoms with Gasteiger partial charge in [0.05, 0.1) is 6.04 Å². The molecular weight excluding hydrogens is 188 g/mol. The van der Waals surface area contributed by atoms with Crippen molar-refractivity contribution in [2.75, 3.05) is 0 Å². The molecule has 4 nitrogen and oxygen atoms in total. The summed E-state index contributed by atoms with van der Waals surface area (Å²) >= 11 is 0. The van der Waals surface area contributed by atoms with Gasteiger partial charge in [-0.1, -0.05) is 19.8 Å². The van der Waals surface area contributed by atoms with Crippen LogP contribution in [0.3, 0.4) is 0 Å². The predicted octanol–water partition coefficient (Wildman–Crippen LogP) is 1.14. The first-order valence-corrected chi connectivity index (χ1v) is 6.09. The van der Waals surface area contributed by atoms with Crippen molar-refractivity contribution in [3.8, 4) is 0 Å². The van der Waals surface area contributed by atoms with Crippen LogP contribution in [-0.4, -0.2) is 18.0 Å². The molecule has 2 aliphatic rings. The molecule has 2 atom stereocenters. The van der Waals surface area contributed by atoms with Gasteiger partial charge in [0.2, 0.25) is 5.96 Å². The van der Waals surface area contributed by atoms with E-state index in [0.29, 0.717) is 12.1 Å². The quantitative estimate of drug-likeness (QED) is 0.277. The maximum Gasteiger partial charge on any atom is 0.206 e. The van der Waals surface area contributed by atoms with Crippen molar-refractivity contribution in [3.63, 3.8) is 0 Å². The van der Waals surface area contributed by atoms with E-state index < -0.39 is 0 Å². The fraction of sp³-hybridized carbons (Fsp3) is 0.909. The summed E-state index contributed by atoms with van der Waals surface area (Å²) in [7, 11) is 0. The van der Waals surface area contributed by atoms with Gasteiger partial charge < -0.3 is 5.32 Å². The van der Waals surface area contributed by atoms with E-state index in [1.165, 1.54) is 38.5 Å². The first kappa shape index (κ1) is 10.7. The summed E-state index contributed by atoms with van der Waals surface area (Å²) in [5.74, 6) is 7.08. The van der Waals surface area contributed by atoms with E-state index in [0.717, 1.165) is 11.9 Å². The molecule has 2 saturated carbocycles. The van der Waals surface area contributed by atoms with Gasteiger partial charge in [0, 0.05) is 6.04 Å². The van der Waals surface area contributed by atoms with Gasteiger partial charge in [0.15, 0.2) is 0 Å². The number of rotatable bonds is 2. The third-order valence-corrected chi connectivity index (χ3v) is 3.27. The first-order valence-electron chi connectivity index (χ1n) is 6.09. The Kier molecular flexibility index (Phi) is 3.46. The Balaban J connectivity index is 1.82. The summed E-state index contributed by atoms with van der Waals surface area (Å²) < 4.78 is 0. The van der Waals surface area contributed by atoms with Crippen LogP contribution in [0, 0.1) is 5.92 Å². The molecule has 0 aliphatic heterocycles. The van der Waals surface area contributed by atoms with Crippen molar-refractivity contribution in [1.29, 1.82) is 0 Å². The van der Waals surface area contributed by atoms with Crippen LogP contribution in [0.5, 0.6) is 0 Å². The van der Waals surface area contributed by atoms with Gasteiger partial charge in [-0.25, -0.2) is 10.8 Å². The summed E-state index contributed by atoms with van der Waals surface area (Å²) in [6.07, 6.45) is 7.60. The van der Waals surface area contributed by atoms with E-state index in [9.17, 15) is 0 Å². The lowest BCUT2D eigenvalue weighted by Gasteiger charge is -2.28. The zero-order chi connectivity index (χ0) is 10.7. The molecule has 4 N–H and O–H groups in total. The zero-order valence-corrected chi connectivity index (χ0v) is 9.50.